The maximum atomic E-state index is 12.1. The van der Waals surface area contributed by atoms with Gasteiger partial charge >= 0.3 is 5.97 Å². The van der Waals surface area contributed by atoms with E-state index >= 15 is 0 Å². The lowest BCUT2D eigenvalue weighted by Gasteiger charge is -2.07. The number of carbonyl (C=O) groups is 1. The van der Waals surface area contributed by atoms with E-state index in [0.29, 0.717) is 10.9 Å². The number of halogens is 3. The number of benzene rings is 1. The van der Waals surface area contributed by atoms with Crippen molar-refractivity contribution < 1.29 is 9.53 Å². The zero-order chi connectivity index (χ0) is 17.3. The predicted octanol–water partition coefficient (Wildman–Crippen LogP) is 3.64. The summed E-state index contributed by atoms with van der Waals surface area (Å²) in [6.45, 7) is -0.253. The summed E-state index contributed by atoms with van der Waals surface area (Å²) in [5.74, 6) is -0.613. The Balaban J connectivity index is 1.82. The Morgan fingerprint density at radius 1 is 1.17 bits per heavy atom. The Kier molecular flexibility index (Phi) is 4.71. The standard InChI is InChI=1S/C15H8Cl3N3O3/c16-8-5-19-13(12(18)11(8)17)15(23)24-6-10-20-9-4-2-1-3-7(9)14(22)21-10/h1-5H,6H2,(H,20,21,22). The number of fused-ring (bicyclic) bond motifs is 1. The van der Waals surface area contributed by atoms with Gasteiger partial charge in [0, 0.05) is 6.20 Å². The highest BCUT2D eigenvalue weighted by Crippen LogP contribution is 2.31. The fourth-order valence-electron chi connectivity index (χ4n) is 1.99. The first kappa shape index (κ1) is 16.7. The van der Waals surface area contributed by atoms with Crippen molar-refractivity contribution in [2.24, 2.45) is 0 Å². The largest absolute Gasteiger partial charge is 0.453 e. The second-order valence-electron chi connectivity index (χ2n) is 4.69. The number of aromatic amines is 1. The summed E-state index contributed by atoms with van der Waals surface area (Å²) in [6, 6.07) is 6.82. The van der Waals surface area contributed by atoms with Crippen LogP contribution < -0.4 is 5.56 Å². The molecule has 0 spiro atoms. The fourth-order valence-corrected chi connectivity index (χ4v) is 2.55. The Morgan fingerprint density at radius 2 is 1.92 bits per heavy atom. The van der Waals surface area contributed by atoms with Gasteiger partial charge in [-0.15, -0.1) is 0 Å². The van der Waals surface area contributed by atoms with Gasteiger partial charge in [-0.25, -0.2) is 14.8 Å². The molecule has 0 aliphatic heterocycles. The zero-order valence-corrected chi connectivity index (χ0v) is 14.1. The van der Waals surface area contributed by atoms with Crippen LogP contribution in [0, 0.1) is 0 Å². The molecule has 3 aromatic rings. The average Bonchev–Trinajstić information content (AvgIpc) is 2.58. The van der Waals surface area contributed by atoms with E-state index in [4.69, 9.17) is 39.5 Å². The molecule has 2 heterocycles. The third-order valence-electron chi connectivity index (χ3n) is 3.11. The second kappa shape index (κ2) is 6.76. The normalized spacial score (nSPS) is 10.8. The van der Waals surface area contributed by atoms with E-state index < -0.39 is 5.97 Å². The summed E-state index contributed by atoms with van der Waals surface area (Å²) >= 11 is 17.5. The van der Waals surface area contributed by atoms with Crippen molar-refractivity contribution in [1.29, 1.82) is 0 Å². The lowest BCUT2D eigenvalue weighted by atomic mass is 10.2. The fraction of sp³-hybridized carbons (Fsp3) is 0.0667. The van der Waals surface area contributed by atoms with Crippen LogP contribution >= 0.6 is 34.8 Å². The van der Waals surface area contributed by atoms with Crippen LogP contribution in [-0.2, 0) is 11.3 Å². The molecule has 0 aliphatic rings. The van der Waals surface area contributed by atoms with E-state index in [1.165, 1.54) is 6.20 Å². The van der Waals surface area contributed by atoms with E-state index in [0.717, 1.165) is 0 Å². The van der Waals surface area contributed by atoms with Gasteiger partial charge in [0.15, 0.2) is 5.69 Å². The van der Waals surface area contributed by atoms with Crippen molar-refractivity contribution in [3.63, 3.8) is 0 Å². The van der Waals surface area contributed by atoms with Gasteiger partial charge in [-0.1, -0.05) is 46.9 Å². The molecule has 122 valence electrons. The molecule has 2 aromatic heterocycles. The van der Waals surface area contributed by atoms with Crippen LogP contribution in [0.25, 0.3) is 10.9 Å². The summed E-state index contributed by atoms with van der Waals surface area (Å²) in [5, 5.41) is 0.479. The molecule has 1 N–H and O–H groups in total. The molecule has 9 heteroatoms. The third-order valence-corrected chi connectivity index (χ3v) is 4.35. The van der Waals surface area contributed by atoms with E-state index in [1.807, 2.05) is 0 Å². The van der Waals surface area contributed by atoms with Crippen molar-refractivity contribution in [1.82, 2.24) is 15.0 Å². The average molecular weight is 385 g/mol. The van der Waals surface area contributed by atoms with E-state index in [1.54, 1.807) is 24.3 Å². The van der Waals surface area contributed by atoms with Gasteiger partial charge < -0.3 is 9.72 Å². The van der Waals surface area contributed by atoms with E-state index in [-0.39, 0.29) is 38.8 Å². The minimum Gasteiger partial charge on any atom is -0.453 e. The van der Waals surface area contributed by atoms with Crippen molar-refractivity contribution in [2.75, 3.05) is 0 Å². The van der Waals surface area contributed by atoms with Crippen LogP contribution in [-0.4, -0.2) is 20.9 Å². The molecule has 0 amide bonds. The van der Waals surface area contributed by atoms with Crippen LogP contribution in [0.2, 0.25) is 15.1 Å². The Morgan fingerprint density at radius 3 is 2.71 bits per heavy atom. The van der Waals surface area contributed by atoms with Crippen molar-refractivity contribution in [3.05, 3.63) is 67.4 Å². The molecule has 3 rings (SSSR count). The number of rotatable bonds is 3. The van der Waals surface area contributed by atoms with Crippen molar-refractivity contribution in [2.45, 2.75) is 6.61 Å². The minimum atomic E-state index is -0.811. The number of aromatic nitrogens is 3. The van der Waals surface area contributed by atoms with E-state index in [9.17, 15) is 9.59 Å². The lowest BCUT2D eigenvalue weighted by Crippen LogP contribution is -2.15. The quantitative estimate of drug-likeness (QED) is 0.697. The summed E-state index contributed by atoms with van der Waals surface area (Å²) in [7, 11) is 0. The van der Waals surface area contributed by atoms with Gasteiger partial charge in [0.2, 0.25) is 0 Å². The van der Waals surface area contributed by atoms with Crippen LogP contribution in [0.15, 0.2) is 35.3 Å². The monoisotopic (exact) mass is 383 g/mol. The van der Waals surface area contributed by atoms with Gasteiger partial charge in [0.05, 0.1) is 26.0 Å². The number of pyridine rings is 1. The number of hydrogen-bond acceptors (Lipinski definition) is 5. The highest BCUT2D eigenvalue weighted by molar-refractivity contribution is 6.48. The molecular weight excluding hydrogens is 377 g/mol. The number of ether oxygens (including phenoxy) is 1. The first-order valence-corrected chi connectivity index (χ1v) is 7.75. The van der Waals surface area contributed by atoms with Crippen LogP contribution in [0.4, 0.5) is 0 Å². The van der Waals surface area contributed by atoms with Crippen molar-refractivity contribution >= 4 is 51.7 Å². The van der Waals surface area contributed by atoms with Crippen molar-refractivity contribution in [3.8, 4) is 0 Å². The molecule has 0 fully saturated rings. The number of carbonyl (C=O) groups excluding carboxylic acids is 1. The van der Waals surface area contributed by atoms with Gasteiger partial charge in [0.1, 0.15) is 12.4 Å². The minimum absolute atomic E-state index is 0.0116. The van der Waals surface area contributed by atoms with Gasteiger partial charge in [-0.05, 0) is 12.1 Å². The SMILES string of the molecule is O=C(OCc1nc2ccccc2c(=O)[nH]1)c1ncc(Cl)c(Cl)c1Cl. The maximum Gasteiger partial charge on any atom is 0.358 e. The number of H-pyrrole nitrogens is 1. The van der Waals surface area contributed by atoms with Crippen LogP contribution in [0.5, 0.6) is 0 Å². The highest BCUT2D eigenvalue weighted by atomic mass is 35.5. The topological polar surface area (TPSA) is 84.9 Å². The Bertz CT molecular complexity index is 1000. The Labute approximate surface area is 150 Å². The first-order valence-electron chi connectivity index (χ1n) is 6.62. The molecule has 0 bridgehead atoms. The molecule has 0 atom stereocenters. The van der Waals surface area contributed by atoms with Gasteiger partial charge in [0.25, 0.3) is 5.56 Å². The highest BCUT2D eigenvalue weighted by Gasteiger charge is 2.19. The lowest BCUT2D eigenvalue weighted by molar-refractivity contribution is 0.0455. The number of nitrogens with one attached hydrogen (secondary N) is 1. The molecule has 24 heavy (non-hydrogen) atoms. The molecule has 0 aliphatic carbocycles. The molecule has 1 aromatic carbocycles. The summed E-state index contributed by atoms with van der Waals surface area (Å²) in [6.07, 6.45) is 1.20. The predicted molar refractivity (Wildman–Crippen MR) is 90.8 cm³/mol. The molecule has 0 unspecified atom stereocenters. The molecular formula is C15H8Cl3N3O3. The molecule has 0 saturated carbocycles. The smallest absolute Gasteiger partial charge is 0.358 e. The summed E-state index contributed by atoms with van der Waals surface area (Å²) < 4.78 is 5.07. The van der Waals surface area contributed by atoms with Crippen LogP contribution in [0.3, 0.4) is 0 Å². The third kappa shape index (κ3) is 3.21. The number of esters is 1. The number of hydrogen-bond donors (Lipinski definition) is 1. The first-order chi connectivity index (χ1) is 11.5. The van der Waals surface area contributed by atoms with Crippen LogP contribution in [0.1, 0.15) is 16.3 Å². The van der Waals surface area contributed by atoms with Gasteiger partial charge in [-0.3, -0.25) is 4.79 Å². The summed E-state index contributed by atoms with van der Waals surface area (Å²) in [5.41, 5.74) is 0.00420. The molecule has 6 nitrogen and oxygen atoms in total. The second-order valence-corrected chi connectivity index (χ2v) is 5.85. The number of nitrogens with zero attached hydrogens (tertiary/aromatic N) is 2. The molecule has 0 radical (unpaired) electrons. The number of para-hydroxylation sites is 1. The maximum absolute atomic E-state index is 12.1. The Hall–Kier alpha value is -2.15. The summed E-state index contributed by atoms with van der Waals surface area (Å²) in [4.78, 5) is 34.6. The molecule has 0 saturated heterocycles. The zero-order valence-electron chi connectivity index (χ0n) is 11.8. The van der Waals surface area contributed by atoms with Gasteiger partial charge in [-0.2, -0.15) is 0 Å². The van der Waals surface area contributed by atoms with E-state index in [2.05, 4.69) is 15.0 Å².